The molecule has 0 unspecified atom stereocenters. The Labute approximate surface area is 124 Å². The highest BCUT2D eigenvalue weighted by Gasteiger charge is 2.22. The largest absolute Gasteiger partial charge is 0.497 e. The highest BCUT2D eigenvalue weighted by Crippen LogP contribution is 2.18. The van der Waals surface area contributed by atoms with Crippen LogP contribution in [-0.2, 0) is 0 Å². The minimum Gasteiger partial charge on any atom is -0.497 e. The first-order valence-corrected chi connectivity index (χ1v) is 7.19. The van der Waals surface area contributed by atoms with Crippen LogP contribution in [0.2, 0.25) is 0 Å². The lowest BCUT2D eigenvalue weighted by molar-refractivity contribution is 0.0786. The summed E-state index contributed by atoms with van der Waals surface area (Å²) in [6.07, 6.45) is 2.17. The molecule has 21 heavy (non-hydrogen) atoms. The van der Waals surface area contributed by atoms with E-state index >= 15 is 0 Å². The molecule has 1 aliphatic heterocycles. The van der Waals surface area contributed by atoms with Crippen LogP contribution >= 0.6 is 0 Å². The molecule has 2 heterocycles. The summed E-state index contributed by atoms with van der Waals surface area (Å²) in [4.78, 5) is 14.2. The van der Waals surface area contributed by atoms with Crippen LogP contribution in [-0.4, -0.2) is 40.8 Å². The van der Waals surface area contributed by atoms with Gasteiger partial charge in [-0.1, -0.05) is 0 Å². The average molecular weight is 285 g/mol. The molecule has 0 N–H and O–H groups in total. The number of methoxy groups -OCH3 is 1. The number of hydrogen-bond acceptors (Lipinski definition) is 3. The number of hydrogen-bond donors (Lipinski definition) is 0. The normalized spacial score (nSPS) is 14.5. The van der Waals surface area contributed by atoms with E-state index in [9.17, 15) is 4.79 Å². The molecule has 2 aromatic rings. The fourth-order valence-electron chi connectivity index (χ4n) is 2.65. The summed E-state index contributed by atoms with van der Waals surface area (Å²) in [7, 11) is 1.64. The van der Waals surface area contributed by atoms with E-state index in [1.165, 1.54) is 0 Å². The van der Waals surface area contributed by atoms with Gasteiger partial charge in [0, 0.05) is 18.8 Å². The van der Waals surface area contributed by atoms with E-state index in [2.05, 4.69) is 5.10 Å². The molecule has 0 saturated carbocycles. The van der Waals surface area contributed by atoms with E-state index in [0.717, 1.165) is 43.1 Å². The summed E-state index contributed by atoms with van der Waals surface area (Å²) >= 11 is 0. The fraction of sp³-hybridized carbons (Fsp3) is 0.375. The van der Waals surface area contributed by atoms with E-state index < -0.39 is 0 Å². The summed E-state index contributed by atoms with van der Waals surface area (Å²) in [6.45, 7) is 3.64. The van der Waals surface area contributed by atoms with Crippen molar-refractivity contribution in [2.75, 3.05) is 20.2 Å². The number of carbonyl (C=O) groups is 1. The van der Waals surface area contributed by atoms with Gasteiger partial charge >= 0.3 is 0 Å². The minimum atomic E-state index is 0.0304. The third-order valence-electron chi connectivity index (χ3n) is 3.82. The van der Waals surface area contributed by atoms with Crippen molar-refractivity contribution in [1.29, 1.82) is 0 Å². The number of likely N-dealkylation sites (tertiary alicyclic amines) is 1. The molecule has 5 heteroatoms. The lowest BCUT2D eigenvalue weighted by atomic mass is 10.3. The Morgan fingerprint density at radius 3 is 2.48 bits per heavy atom. The van der Waals surface area contributed by atoms with E-state index in [1.807, 2.05) is 42.2 Å². The molecule has 0 atom stereocenters. The molecule has 1 aromatic carbocycles. The van der Waals surface area contributed by atoms with E-state index in [-0.39, 0.29) is 5.91 Å². The van der Waals surface area contributed by atoms with Gasteiger partial charge in [0.25, 0.3) is 5.91 Å². The van der Waals surface area contributed by atoms with Crippen molar-refractivity contribution >= 4 is 5.91 Å². The number of ether oxygens (including phenoxy) is 1. The van der Waals surface area contributed by atoms with Gasteiger partial charge in [0.2, 0.25) is 0 Å². The predicted molar refractivity (Wildman–Crippen MR) is 80.0 cm³/mol. The monoisotopic (exact) mass is 285 g/mol. The highest BCUT2D eigenvalue weighted by molar-refractivity contribution is 5.92. The first kappa shape index (κ1) is 13.7. The minimum absolute atomic E-state index is 0.0304. The molecule has 1 fully saturated rings. The van der Waals surface area contributed by atoms with Crippen molar-refractivity contribution in [3.8, 4) is 11.4 Å². The first-order valence-electron chi connectivity index (χ1n) is 7.19. The van der Waals surface area contributed by atoms with Crippen molar-refractivity contribution in [1.82, 2.24) is 14.7 Å². The molecule has 110 valence electrons. The summed E-state index contributed by atoms with van der Waals surface area (Å²) in [5.41, 5.74) is 2.39. The summed E-state index contributed by atoms with van der Waals surface area (Å²) < 4.78 is 6.95. The number of nitrogens with zero attached hydrogens (tertiary/aromatic N) is 3. The lowest BCUT2D eigenvalue weighted by Gasteiger charge is -2.12. The van der Waals surface area contributed by atoms with Crippen LogP contribution in [0.4, 0.5) is 0 Å². The molecule has 1 amide bonds. The topological polar surface area (TPSA) is 47.4 Å². The van der Waals surface area contributed by atoms with E-state index in [4.69, 9.17) is 4.74 Å². The maximum absolute atomic E-state index is 12.4. The molecule has 0 aliphatic carbocycles. The van der Waals surface area contributed by atoms with Gasteiger partial charge in [-0.15, -0.1) is 0 Å². The molecular weight excluding hydrogens is 266 g/mol. The van der Waals surface area contributed by atoms with Crippen LogP contribution in [0.5, 0.6) is 5.75 Å². The van der Waals surface area contributed by atoms with Crippen LogP contribution in [0.25, 0.3) is 5.69 Å². The van der Waals surface area contributed by atoms with Gasteiger partial charge in [0.15, 0.2) is 5.69 Å². The van der Waals surface area contributed by atoms with Crippen molar-refractivity contribution in [2.24, 2.45) is 0 Å². The standard InChI is InChI=1S/C16H19N3O2/c1-12-11-15(16(20)18-9-3-4-10-18)17-19(12)13-5-7-14(21-2)8-6-13/h5-8,11H,3-4,9-10H2,1-2H3. The second-order valence-corrected chi connectivity index (χ2v) is 5.28. The molecule has 3 rings (SSSR count). The third-order valence-corrected chi connectivity index (χ3v) is 3.82. The van der Waals surface area contributed by atoms with Gasteiger partial charge in [-0.3, -0.25) is 4.79 Å². The zero-order valence-corrected chi connectivity index (χ0v) is 12.4. The van der Waals surface area contributed by atoms with Crippen molar-refractivity contribution in [2.45, 2.75) is 19.8 Å². The van der Waals surface area contributed by atoms with Gasteiger partial charge in [-0.25, -0.2) is 4.68 Å². The Kier molecular flexibility index (Phi) is 3.64. The Morgan fingerprint density at radius 1 is 1.19 bits per heavy atom. The van der Waals surface area contributed by atoms with Gasteiger partial charge < -0.3 is 9.64 Å². The molecule has 0 radical (unpaired) electrons. The summed E-state index contributed by atoms with van der Waals surface area (Å²) in [5.74, 6) is 0.833. The molecular formula is C16H19N3O2. The summed E-state index contributed by atoms with van der Waals surface area (Å²) in [5, 5.41) is 4.46. The highest BCUT2D eigenvalue weighted by atomic mass is 16.5. The Hall–Kier alpha value is -2.30. The van der Waals surface area contributed by atoms with Crippen LogP contribution in [0.15, 0.2) is 30.3 Å². The maximum Gasteiger partial charge on any atom is 0.274 e. The van der Waals surface area contributed by atoms with Gasteiger partial charge in [-0.05, 0) is 50.1 Å². The van der Waals surface area contributed by atoms with Crippen LogP contribution in [0.1, 0.15) is 29.0 Å². The number of rotatable bonds is 3. The smallest absolute Gasteiger partial charge is 0.274 e. The number of carbonyl (C=O) groups excluding carboxylic acids is 1. The lowest BCUT2D eigenvalue weighted by Crippen LogP contribution is -2.28. The molecule has 1 saturated heterocycles. The zero-order valence-electron chi connectivity index (χ0n) is 12.4. The Bertz CT molecular complexity index is 640. The third kappa shape index (κ3) is 2.63. The number of aromatic nitrogens is 2. The van der Waals surface area contributed by atoms with Crippen LogP contribution in [0, 0.1) is 6.92 Å². The average Bonchev–Trinajstić information content (AvgIpc) is 3.16. The van der Waals surface area contributed by atoms with Crippen LogP contribution < -0.4 is 4.74 Å². The van der Waals surface area contributed by atoms with Crippen molar-refractivity contribution in [3.63, 3.8) is 0 Å². The second-order valence-electron chi connectivity index (χ2n) is 5.28. The molecule has 1 aromatic heterocycles. The first-order chi connectivity index (χ1) is 10.2. The number of benzene rings is 1. The Balaban J connectivity index is 1.87. The van der Waals surface area contributed by atoms with Crippen molar-refractivity contribution < 1.29 is 9.53 Å². The molecule has 1 aliphatic rings. The molecule has 0 bridgehead atoms. The number of aryl methyl sites for hydroxylation is 1. The van der Waals surface area contributed by atoms with Crippen LogP contribution in [0.3, 0.4) is 0 Å². The maximum atomic E-state index is 12.4. The zero-order chi connectivity index (χ0) is 14.8. The quantitative estimate of drug-likeness (QED) is 0.870. The summed E-state index contributed by atoms with van der Waals surface area (Å²) in [6, 6.07) is 9.49. The van der Waals surface area contributed by atoms with Gasteiger partial charge in [0.1, 0.15) is 5.75 Å². The van der Waals surface area contributed by atoms with Gasteiger partial charge in [-0.2, -0.15) is 5.10 Å². The van der Waals surface area contributed by atoms with E-state index in [1.54, 1.807) is 11.8 Å². The molecule has 5 nitrogen and oxygen atoms in total. The SMILES string of the molecule is COc1ccc(-n2nc(C(=O)N3CCCC3)cc2C)cc1. The number of amides is 1. The molecule has 0 spiro atoms. The van der Waals surface area contributed by atoms with Crippen molar-refractivity contribution in [3.05, 3.63) is 41.7 Å². The fourth-order valence-corrected chi connectivity index (χ4v) is 2.65. The van der Waals surface area contributed by atoms with Gasteiger partial charge in [0.05, 0.1) is 12.8 Å². The van der Waals surface area contributed by atoms with E-state index in [0.29, 0.717) is 5.69 Å². The predicted octanol–water partition coefficient (Wildman–Crippen LogP) is 2.43. The Morgan fingerprint density at radius 2 is 1.86 bits per heavy atom. The second kappa shape index (κ2) is 5.60.